The van der Waals surface area contributed by atoms with Gasteiger partial charge in [0.2, 0.25) is 5.82 Å². The molecule has 3 rings (SSSR count). The van der Waals surface area contributed by atoms with Gasteiger partial charge in [-0.3, -0.25) is 4.79 Å². The van der Waals surface area contributed by atoms with Gasteiger partial charge in [0.1, 0.15) is 5.75 Å². The van der Waals surface area contributed by atoms with E-state index in [4.69, 9.17) is 25.6 Å². The molecule has 0 amide bonds. The SMILES string of the molecule is COC(=O)C(C)C(C)c1ccc(-c2nc(-c3ccc(OC(C)C)c(Cl)c3)no2)cc1. The van der Waals surface area contributed by atoms with Crippen molar-refractivity contribution in [1.29, 1.82) is 0 Å². The number of rotatable bonds is 7. The highest BCUT2D eigenvalue weighted by Gasteiger charge is 2.22. The number of methoxy groups -OCH3 is 1. The van der Waals surface area contributed by atoms with Crippen LogP contribution >= 0.6 is 11.6 Å². The van der Waals surface area contributed by atoms with E-state index in [1.165, 1.54) is 7.11 Å². The Bertz CT molecular complexity index is 1010. The van der Waals surface area contributed by atoms with Crippen LogP contribution in [0.25, 0.3) is 22.8 Å². The molecule has 2 unspecified atom stereocenters. The lowest BCUT2D eigenvalue weighted by atomic mass is 9.88. The first-order chi connectivity index (χ1) is 14.3. The maximum Gasteiger partial charge on any atom is 0.308 e. The molecule has 0 saturated heterocycles. The summed E-state index contributed by atoms with van der Waals surface area (Å²) in [7, 11) is 1.40. The molecule has 30 heavy (non-hydrogen) atoms. The van der Waals surface area contributed by atoms with Crippen molar-refractivity contribution in [3.05, 3.63) is 53.1 Å². The van der Waals surface area contributed by atoms with Gasteiger partial charge in [0.05, 0.1) is 24.2 Å². The number of halogens is 1. The number of hydrogen-bond donors (Lipinski definition) is 0. The quantitative estimate of drug-likeness (QED) is 0.445. The zero-order chi connectivity index (χ0) is 21.8. The van der Waals surface area contributed by atoms with E-state index in [9.17, 15) is 4.79 Å². The summed E-state index contributed by atoms with van der Waals surface area (Å²) < 4.78 is 15.9. The summed E-state index contributed by atoms with van der Waals surface area (Å²) in [5.41, 5.74) is 2.56. The van der Waals surface area contributed by atoms with Gasteiger partial charge in [-0.05, 0) is 55.7 Å². The van der Waals surface area contributed by atoms with Gasteiger partial charge < -0.3 is 14.0 Å². The van der Waals surface area contributed by atoms with Crippen LogP contribution in [-0.4, -0.2) is 29.3 Å². The van der Waals surface area contributed by atoms with Gasteiger partial charge in [-0.1, -0.05) is 42.7 Å². The van der Waals surface area contributed by atoms with E-state index >= 15 is 0 Å². The molecular weight excluding hydrogens is 404 g/mol. The molecule has 1 aromatic heterocycles. The van der Waals surface area contributed by atoms with Gasteiger partial charge in [-0.2, -0.15) is 4.98 Å². The van der Waals surface area contributed by atoms with Gasteiger partial charge in [0.15, 0.2) is 0 Å². The van der Waals surface area contributed by atoms with Crippen molar-refractivity contribution in [2.24, 2.45) is 5.92 Å². The minimum absolute atomic E-state index is 0.0264. The van der Waals surface area contributed by atoms with E-state index in [1.807, 2.05) is 58.0 Å². The maximum absolute atomic E-state index is 11.8. The lowest BCUT2D eigenvalue weighted by Crippen LogP contribution is -2.18. The summed E-state index contributed by atoms with van der Waals surface area (Å²) in [5.74, 6) is 1.03. The smallest absolute Gasteiger partial charge is 0.308 e. The Morgan fingerprint density at radius 3 is 2.30 bits per heavy atom. The first kappa shape index (κ1) is 21.8. The van der Waals surface area contributed by atoms with Crippen LogP contribution in [0.1, 0.15) is 39.2 Å². The number of aromatic nitrogens is 2. The molecule has 0 aliphatic heterocycles. The molecule has 0 fully saturated rings. The topological polar surface area (TPSA) is 74.5 Å². The number of esters is 1. The lowest BCUT2D eigenvalue weighted by Gasteiger charge is -2.18. The zero-order valence-corrected chi connectivity index (χ0v) is 18.4. The van der Waals surface area contributed by atoms with Crippen molar-refractivity contribution in [3.8, 4) is 28.6 Å². The van der Waals surface area contributed by atoms with Crippen LogP contribution in [0, 0.1) is 5.92 Å². The van der Waals surface area contributed by atoms with Gasteiger partial charge in [-0.15, -0.1) is 0 Å². The molecule has 2 atom stereocenters. The van der Waals surface area contributed by atoms with E-state index in [2.05, 4.69) is 10.1 Å². The van der Waals surface area contributed by atoms with E-state index in [-0.39, 0.29) is 23.9 Å². The highest BCUT2D eigenvalue weighted by molar-refractivity contribution is 6.32. The summed E-state index contributed by atoms with van der Waals surface area (Å²) in [6, 6.07) is 13.1. The van der Waals surface area contributed by atoms with Gasteiger partial charge in [0, 0.05) is 11.1 Å². The molecule has 2 aromatic carbocycles. The van der Waals surface area contributed by atoms with Crippen LogP contribution < -0.4 is 4.74 Å². The predicted octanol–water partition coefficient (Wildman–Crippen LogP) is 5.76. The maximum atomic E-state index is 11.8. The minimum Gasteiger partial charge on any atom is -0.489 e. The monoisotopic (exact) mass is 428 g/mol. The fraction of sp³-hybridized carbons (Fsp3) is 0.348. The summed E-state index contributed by atoms with van der Waals surface area (Å²) in [5, 5.41) is 4.56. The molecular formula is C23H25ClN2O4. The van der Waals surface area contributed by atoms with Crippen LogP contribution in [0.3, 0.4) is 0 Å². The van der Waals surface area contributed by atoms with Crippen molar-refractivity contribution < 1.29 is 18.8 Å². The summed E-state index contributed by atoms with van der Waals surface area (Å²) in [6.45, 7) is 7.74. The van der Waals surface area contributed by atoms with E-state index < -0.39 is 0 Å². The fourth-order valence-corrected chi connectivity index (χ4v) is 3.28. The van der Waals surface area contributed by atoms with Crippen molar-refractivity contribution in [3.63, 3.8) is 0 Å². The molecule has 7 heteroatoms. The largest absolute Gasteiger partial charge is 0.489 e. The third-order valence-electron chi connectivity index (χ3n) is 4.99. The van der Waals surface area contributed by atoms with Crippen LogP contribution in [-0.2, 0) is 9.53 Å². The second-order valence-electron chi connectivity index (χ2n) is 7.46. The number of ether oxygens (including phenoxy) is 2. The van der Waals surface area contributed by atoms with E-state index in [0.717, 1.165) is 16.7 Å². The Labute approximate surface area is 181 Å². The average molecular weight is 429 g/mol. The summed E-state index contributed by atoms with van der Waals surface area (Å²) in [4.78, 5) is 16.3. The first-order valence-electron chi connectivity index (χ1n) is 9.78. The normalized spacial score (nSPS) is 13.2. The summed E-state index contributed by atoms with van der Waals surface area (Å²) in [6.07, 6.45) is 0.0337. The molecule has 0 spiro atoms. The number of nitrogens with zero attached hydrogens (tertiary/aromatic N) is 2. The Morgan fingerprint density at radius 2 is 1.70 bits per heavy atom. The highest BCUT2D eigenvalue weighted by Crippen LogP contribution is 2.32. The van der Waals surface area contributed by atoms with Crippen LogP contribution in [0.4, 0.5) is 0 Å². The average Bonchev–Trinajstić information content (AvgIpc) is 3.23. The highest BCUT2D eigenvalue weighted by atomic mass is 35.5. The van der Waals surface area contributed by atoms with Crippen LogP contribution in [0.5, 0.6) is 5.75 Å². The van der Waals surface area contributed by atoms with Gasteiger partial charge in [-0.25, -0.2) is 0 Å². The zero-order valence-electron chi connectivity index (χ0n) is 17.7. The molecule has 0 aliphatic carbocycles. The lowest BCUT2D eigenvalue weighted by molar-refractivity contribution is -0.145. The van der Waals surface area contributed by atoms with Crippen LogP contribution in [0.2, 0.25) is 5.02 Å². The minimum atomic E-state index is -0.233. The number of hydrogen-bond acceptors (Lipinski definition) is 6. The second-order valence-corrected chi connectivity index (χ2v) is 7.86. The second kappa shape index (κ2) is 9.30. The summed E-state index contributed by atoms with van der Waals surface area (Å²) >= 11 is 6.31. The van der Waals surface area contributed by atoms with Gasteiger partial charge in [0.25, 0.3) is 5.89 Å². The Kier molecular flexibility index (Phi) is 6.77. The third kappa shape index (κ3) is 4.82. The molecule has 0 N–H and O–H groups in total. The van der Waals surface area contributed by atoms with Crippen molar-refractivity contribution in [2.45, 2.75) is 39.7 Å². The van der Waals surface area contributed by atoms with Crippen molar-refractivity contribution in [2.75, 3.05) is 7.11 Å². The Morgan fingerprint density at radius 1 is 1.03 bits per heavy atom. The molecule has 3 aromatic rings. The molecule has 0 saturated carbocycles. The van der Waals surface area contributed by atoms with E-state index in [0.29, 0.717) is 22.5 Å². The van der Waals surface area contributed by atoms with Crippen molar-refractivity contribution >= 4 is 17.6 Å². The van der Waals surface area contributed by atoms with E-state index in [1.54, 1.807) is 12.1 Å². The van der Waals surface area contributed by atoms with Crippen molar-refractivity contribution in [1.82, 2.24) is 10.1 Å². The third-order valence-corrected chi connectivity index (χ3v) is 5.28. The van der Waals surface area contributed by atoms with Gasteiger partial charge >= 0.3 is 5.97 Å². The Hall–Kier alpha value is -2.86. The molecule has 6 nitrogen and oxygen atoms in total. The number of carbonyl (C=O) groups excluding carboxylic acids is 1. The fourth-order valence-electron chi connectivity index (χ4n) is 3.06. The molecule has 0 bridgehead atoms. The molecule has 0 radical (unpaired) electrons. The molecule has 0 aliphatic rings. The molecule has 1 heterocycles. The van der Waals surface area contributed by atoms with Crippen LogP contribution in [0.15, 0.2) is 47.0 Å². The molecule has 158 valence electrons. The Balaban J connectivity index is 1.78. The first-order valence-corrected chi connectivity index (χ1v) is 10.2. The number of carbonyl (C=O) groups is 1. The standard InChI is InChI=1S/C23H25ClN2O4/c1-13(2)29-20-11-10-18(12-19(20)24)21-25-22(30-26-21)17-8-6-16(7-9-17)14(3)15(4)23(27)28-5/h6-15H,1-5H3. The number of benzene rings is 2. The predicted molar refractivity (Wildman–Crippen MR) is 116 cm³/mol.